The number of nitrogens with one attached hydrogen (secondary N) is 1. The maximum atomic E-state index is 13.1. The van der Waals surface area contributed by atoms with Crippen LogP contribution in [-0.2, 0) is 4.79 Å². The maximum Gasteiger partial charge on any atom is 0.276 e. The van der Waals surface area contributed by atoms with Crippen molar-refractivity contribution in [3.63, 3.8) is 0 Å². The first-order valence-electron chi connectivity index (χ1n) is 10.8. The number of oxazole rings is 1. The molecule has 148 valence electrons. The number of carbonyl (C=O) groups excluding carboxylic acids is 2. The highest BCUT2D eigenvalue weighted by Crippen LogP contribution is 2.33. The zero-order valence-electron chi connectivity index (χ0n) is 16.1. The van der Waals surface area contributed by atoms with Crippen LogP contribution in [0.25, 0.3) is 0 Å². The van der Waals surface area contributed by atoms with Gasteiger partial charge in [-0.1, -0.05) is 51.4 Å². The fourth-order valence-corrected chi connectivity index (χ4v) is 5.00. The van der Waals surface area contributed by atoms with Gasteiger partial charge in [-0.2, -0.15) is 0 Å². The van der Waals surface area contributed by atoms with Crippen LogP contribution in [0.1, 0.15) is 92.9 Å². The summed E-state index contributed by atoms with van der Waals surface area (Å²) < 4.78 is 5.67. The number of hydrogen-bond acceptors (Lipinski definition) is 4. The van der Waals surface area contributed by atoms with Crippen LogP contribution < -0.4 is 5.32 Å². The smallest absolute Gasteiger partial charge is 0.276 e. The maximum absolute atomic E-state index is 13.1. The van der Waals surface area contributed by atoms with E-state index < -0.39 is 0 Å². The summed E-state index contributed by atoms with van der Waals surface area (Å²) >= 11 is 0. The van der Waals surface area contributed by atoms with Gasteiger partial charge < -0.3 is 14.6 Å². The molecule has 2 saturated carbocycles. The number of carbonyl (C=O) groups is 2. The molecule has 0 spiro atoms. The molecule has 1 N–H and O–H groups in total. The van der Waals surface area contributed by atoms with Crippen molar-refractivity contribution in [2.45, 2.75) is 82.6 Å². The number of piperazine rings is 1. The zero-order chi connectivity index (χ0) is 18.6. The average Bonchev–Trinajstić information content (AvgIpc) is 3.21. The number of aromatic nitrogens is 1. The van der Waals surface area contributed by atoms with E-state index in [0.717, 1.165) is 19.3 Å². The van der Waals surface area contributed by atoms with Crippen molar-refractivity contribution < 1.29 is 14.0 Å². The second-order valence-corrected chi connectivity index (χ2v) is 8.45. The van der Waals surface area contributed by atoms with Crippen molar-refractivity contribution in [2.75, 3.05) is 13.1 Å². The third-order valence-electron chi connectivity index (χ3n) is 6.57. The van der Waals surface area contributed by atoms with E-state index in [4.69, 9.17) is 4.42 Å². The van der Waals surface area contributed by atoms with Gasteiger partial charge in [0, 0.05) is 19.0 Å². The molecule has 2 aliphatic carbocycles. The highest BCUT2D eigenvalue weighted by molar-refractivity contribution is 5.96. The number of rotatable bonds is 4. The first-order chi connectivity index (χ1) is 13.2. The monoisotopic (exact) mass is 373 g/mol. The summed E-state index contributed by atoms with van der Waals surface area (Å²) in [6.07, 6.45) is 14.2. The molecule has 2 heterocycles. The van der Waals surface area contributed by atoms with Crippen LogP contribution >= 0.6 is 0 Å². The molecular weight excluding hydrogens is 342 g/mol. The third-order valence-corrected chi connectivity index (χ3v) is 6.57. The van der Waals surface area contributed by atoms with E-state index in [2.05, 4.69) is 10.3 Å². The van der Waals surface area contributed by atoms with Crippen molar-refractivity contribution in [3.05, 3.63) is 17.8 Å². The fourth-order valence-electron chi connectivity index (χ4n) is 5.00. The molecule has 1 saturated heterocycles. The molecule has 1 unspecified atom stereocenters. The second kappa shape index (κ2) is 8.44. The van der Waals surface area contributed by atoms with Gasteiger partial charge in [-0.15, -0.1) is 0 Å². The van der Waals surface area contributed by atoms with Gasteiger partial charge in [-0.05, 0) is 25.2 Å². The molecule has 3 aliphatic rings. The van der Waals surface area contributed by atoms with Crippen LogP contribution in [0.15, 0.2) is 10.7 Å². The Bertz CT molecular complexity index is 659. The molecular formula is C21H31N3O3. The topological polar surface area (TPSA) is 75.4 Å². The third kappa shape index (κ3) is 4.19. The van der Waals surface area contributed by atoms with E-state index in [1.807, 2.05) is 0 Å². The van der Waals surface area contributed by atoms with Gasteiger partial charge in [0.05, 0.1) is 0 Å². The van der Waals surface area contributed by atoms with Crippen molar-refractivity contribution in [3.8, 4) is 0 Å². The summed E-state index contributed by atoms with van der Waals surface area (Å²) in [4.78, 5) is 31.9. The SMILES string of the molecule is O=C1NCCN(C(=O)c2coc(C3CCCCC3)n2)C1CC1CCCCC1. The highest BCUT2D eigenvalue weighted by Gasteiger charge is 2.36. The van der Waals surface area contributed by atoms with Crippen LogP contribution in [0.2, 0.25) is 0 Å². The van der Waals surface area contributed by atoms with Crippen LogP contribution in [0.3, 0.4) is 0 Å². The van der Waals surface area contributed by atoms with Crippen molar-refractivity contribution in [1.82, 2.24) is 15.2 Å². The van der Waals surface area contributed by atoms with E-state index >= 15 is 0 Å². The van der Waals surface area contributed by atoms with E-state index in [9.17, 15) is 9.59 Å². The van der Waals surface area contributed by atoms with Gasteiger partial charge in [0.15, 0.2) is 11.6 Å². The molecule has 2 amide bonds. The summed E-state index contributed by atoms with van der Waals surface area (Å²) in [5.41, 5.74) is 0.360. The molecule has 6 nitrogen and oxygen atoms in total. The number of amides is 2. The molecule has 1 aromatic rings. The summed E-state index contributed by atoms with van der Waals surface area (Å²) in [6.45, 7) is 1.06. The molecule has 0 bridgehead atoms. The molecule has 1 atom stereocenters. The molecule has 6 heteroatoms. The molecule has 3 fully saturated rings. The largest absolute Gasteiger partial charge is 0.448 e. The first-order valence-corrected chi connectivity index (χ1v) is 10.8. The van der Waals surface area contributed by atoms with Crippen LogP contribution in [0.4, 0.5) is 0 Å². The van der Waals surface area contributed by atoms with Crippen LogP contribution in [0.5, 0.6) is 0 Å². The molecule has 27 heavy (non-hydrogen) atoms. The van der Waals surface area contributed by atoms with Gasteiger partial charge in [-0.25, -0.2) is 4.98 Å². The Morgan fingerprint density at radius 3 is 2.56 bits per heavy atom. The van der Waals surface area contributed by atoms with Gasteiger partial charge in [0.2, 0.25) is 5.91 Å². The minimum Gasteiger partial charge on any atom is -0.448 e. The van der Waals surface area contributed by atoms with Gasteiger partial charge in [0.1, 0.15) is 12.3 Å². The van der Waals surface area contributed by atoms with E-state index in [-0.39, 0.29) is 17.9 Å². The highest BCUT2D eigenvalue weighted by atomic mass is 16.3. The van der Waals surface area contributed by atoms with E-state index in [1.54, 1.807) is 4.90 Å². The fraction of sp³-hybridized carbons (Fsp3) is 0.762. The number of hydrogen-bond donors (Lipinski definition) is 1. The summed E-state index contributed by atoms with van der Waals surface area (Å²) in [5.74, 6) is 1.40. The Balaban J connectivity index is 1.46. The van der Waals surface area contributed by atoms with Gasteiger partial charge >= 0.3 is 0 Å². The lowest BCUT2D eigenvalue weighted by molar-refractivity contribution is -0.128. The summed E-state index contributed by atoms with van der Waals surface area (Å²) in [7, 11) is 0. The second-order valence-electron chi connectivity index (χ2n) is 8.45. The first kappa shape index (κ1) is 18.5. The predicted octanol–water partition coefficient (Wildman–Crippen LogP) is 3.63. The Labute approximate surface area is 161 Å². The minimum atomic E-state index is -0.371. The standard InChI is InChI=1S/C21H31N3O3/c25-19-18(13-15-7-3-1-4-8-15)24(12-11-22-19)21(26)17-14-27-20(23-17)16-9-5-2-6-10-16/h14-16,18H,1-13H2,(H,22,25). The van der Waals surface area contributed by atoms with Crippen molar-refractivity contribution in [1.29, 1.82) is 0 Å². The molecule has 4 rings (SSSR count). The quantitative estimate of drug-likeness (QED) is 0.874. The Morgan fingerprint density at radius 1 is 1.11 bits per heavy atom. The predicted molar refractivity (Wildman–Crippen MR) is 101 cm³/mol. The average molecular weight is 373 g/mol. The number of nitrogens with zero attached hydrogens (tertiary/aromatic N) is 2. The van der Waals surface area contributed by atoms with E-state index in [1.165, 1.54) is 57.6 Å². The zero-order valence-corrected chi connectivity index (χ0v) is 16.1. The molecule has 1 aliphatic heterocycles. The molecule has 0 radical (unpaired) electrons. The van der Waals surface area contributed by atoms with Gasteiger partial charge in [0.25, 0.3) is 5.91 Å². The Hall–Kier alpha value is -1.85. The lowest BCUT2D eigenvalue weighted by Gasteiger charge is -2.37. The van der Waals surface area contributed by atoms with Crippen LogP contribution in [-0.4, -0.2) is 40.8 Å². The summed E-state index contributed by atoms with van der Waals surface area (Å²) in [5, 5.41) is 2.94. The van der Waals surface area contributed by atoms with Crippen molar-refractivity contribution in [2.24, 2.45) is 5.92 Å². The van der Waals surface area contributed by atoms with Gasteiger partial charge in [-0.3, -0.25) is 9.59 Å². The molecule has 0 aromatic carbocycles. The van der Waals surface area contributed by atoms with Crippen molar-refractivity contribution >= 4 is 11.8 Å². The summed E-state index contributed by atoms with van der Waals surface area (Å²) in [6, 6.07) is -0.371. The Morgan fingerprint density at radius 2 is 1.81 bits per heavy atom. The van der Waals surface area contributed by atoms with E-state index in [0.29, 0.717) is 36.5 Å². The normalized spacial score (nSPS) is 25.4. The molecule has 1 aromatic heterocycles. The van der Waals surface area contributed by atoms with Crippen LogP contribution in [0, 0.1) is 5.92 Å². The minimum absolute atomic E-state index is 0.0174. The Kier molecular flexibility index (Phi) is 5.79. The lowest BCUT2D eigenvalue weighted by Crippen LogP contribution is -2.57. The lowest BCUT2D eigenvalue weighted by atomic mass is 9.84.